The van der Waals surface area contributed by atoms with Gasteiger partial charge in [-0.2, -0.15) is 0 Å². The second kappa shape index (κ2) is 12.9. The first-order chi connectivity index (χ1) is 19.7. The first kappa shape index (κ1) is 32.8. The SMILES string of the molecule is COC(=O)C(C)CCC[C@@H](C)[C@H]1CC[C@H]2[C@@H]3C(OC(C)=O)CC4CC(OC(C)=O)CC[C@]4(C)[C@H]3CC(OC(C)=O)[C@]12C. The summed E-state index contributed by atoms with van der Waals surface area (Å²) in [6, 6.07) is 0. The lowest BCUT2D eigenvalue weighted by molar-refractivity contribution is -0.224. The molecule has 0 heterocycles. The van der Waals surface area contributed by atoms with E-state index in [4.69, 9.17) is 18.9 Å². The van der Waals surface area contributed by atoms with Gasteiger partial charge < -0.3 is 18.9 Å². The summed E-state index contributed by atoms with van der Waals surface area (Å²) in [7, 11) is 1.44. The summed E-state index contributed by atoms with van der Waals surface area (Å²) in [6.45, 7) is 13.4. The van der Waals surface area contributed by atoms with Gasteiger partial charge in [-0.3, -0.25) is 19.2 Å². The zero-order valence-corrected chi connectivity index (χ0v) is 27.1. The van der Waals surface area contributed by atoms with Crippen molar-refractivity contribution in [1.82, 2.24) is 0 Å². The molecule has 0 radical (unpaired) electrons. The molecule has 4 fully saturated rings. The molecule has 0 aromatic rings. The molecule has 4 rings (SSSR count). The molecule has 238 valence electrons. The first-order valence-corrected chi connectivity index (χ1v) is 16.3. The summed E-state index contributed by atoms with van der Waals surface area (Å²) in [6.07, 6.45) is 8.42. The van der Waals surface area contributed by atoms with Crippen LogP contribution in [0.5, 0.6) is 0 Å². The summed E-state index contributed by atoms with van der Waals surface area (Å²) in [4.78, 5) is 48.7. The molecule has 42 heavy (non-hydrogen) atoms. The van der Waals surface area contributed by atoms with Crippen molar-refractivity contribution in [2.24, 2.45) is 52.3 Å². The van der Waals surface area contributed by atoms with E-state index < -0.39 is 0 Å². The van der Waals surface area contributed by atoms with Crippen LogP contribution >= 0.6 is 0 Å². The van der Waals surface area contributed by atoms with Gasteiger partial charge in [-0.1, -0.05) is 40.5 Å². The van der Waals surface area contributed by atoms with Gasteiger partial charge in [0, 0.05) is 32.1 Å². The van der Waals surface area contributed by atoms with Crippen LogP contribution in [0.2, 0.25) is 0 Å². The molecule has 4 aliphatic rings. The maximum atomic E-state index is 12.6. The standard InChI is InChI=1S/C34H54O8/c1-19(10-9-11-20(2)32(38)39-8)26-12-13-27-31-28(18-30(34(26,27)7)42-23(5)37)33(6)15-14-25(40-21(3)35)16-24(33)17-29(31)41-22(4)36/h19-20,24-31H,9-18H2,1-8H3/t19-,20?,24?,25?,26-,27+,28+,29?,30?,31+,33+,34-/m1/s1. The number of ether oxygens (including phenoxy) is 4. The first-order valence-electron chi connectivity index (χ1n) is 16.3. The van der Waals surface area contributed by atoms with Crippen molar-refractivity contribution in [3.63, 3.8) is 0 Å². The molecule has 0 bridgehead atoms. The lowest BCUT2D eigenvalue weighted by Crippen LogP contribution is -2.63. The topological polar surface area (TPSA) is 105 Å². The van der Waals surface area contributed by atoms with Gasteiger partial charge in [-0.25, -0.2) is 0 Å². The molecule has 0 N–H and O–H groups in total. The minimum Gasteiger partial charge on any atom is -0.469 e. The van der Waals surface area contributed by atoms with Crippen LogP contribution in [-0.2, 0) is 38.1 Å². The van der Waals surface area contributed by atoms with Crippen LogP contribution in [0.3, 0.4) is 0 Å². The Hall–Kier alpha value is -2.12. The zero-order chi connectivity index (χ0) is 31.0. The molecular weight excluding hydrogens is 536 g/mol. The molecule has 0 spiro atoms. The smallest absolute Gasteiger partial charge is 0.308 e. The van der Waals surface area contributed by atoms with E-state index in [1.165, 1.54) is 27.9 Å². The van der Waals surface area contributed by atoms with Crippen LogP contribution in [0.25, 0.3) is 0 Å². The average molecular weight is 591 g/mol. The third-order valence-corrected chi connectivity index (χ3v) is 12.3. The highest BCUT2D eigenvalue weighted by Gasteiger charge is 2.67. The van der Waals surface area contributed by atoms with E-state index in [-0.39, 0.29) is 82.6 Å². The molecule has 0 amide bonds. The van der Waals surface area contributed by atoms with E-state index in [0.29, 0.717) is 11.8 Å². The number of methoxy groups -OCH3 is 1. The van der Waals surface area contributed by atoms with Crippen molar-refractivity contribution in [2.75, 3.05) is 7.11 Å². The van der Waals surface area contributed by atoms with E-state index in [2.05, 4.69) is 20.8 Å². The Bertz CT molecular complexity index is 1030. The van der Waals surface area contributed by atoms with Crippen molar-refractivity contribution in [1.29, 1.82) is 0 Å². The fourth-order valence-electron chi connectivity index (χ4n) is 10.4. The highest BCUT2D eigenvalue weighted by atomic mass is 16.6. The Morgan fingerprint density at radius 3 is 2.10 bits per heavy atom. The largest absolute Gasteiger partial charge is 0.469 e. The number of hydrogen-bond donors (Lipinski definition) is 0. The third kappa shape index (κ3) is 6.24. The molecule has 4 saturated carbocycles. The van der Waals surface area contributed by atoms with Crippen molar-refractivity contribution in [3.05, 3.63) is 0 Å². The van der Waals surface area contributed by atoms with Gasteiger partial charge in [-0.05, 0) is 86.4 Å². The predicted octanol–water partition coefficient (Wildman–Crippen LogP) is 6.28. The quantitative estimate of drug-likeness (QED) is 0.228. The zero-order valence-electron chi connectivity index (χ0n) is 27.1. The highest BCUT2D eigenvalue weighted by Crippen LogP contribution is 2.69. The normalized spacial score (nSPS) is 40.4. The molecule has 5 unspecified atom stereocenters. The van der Waals surface area contributed by atoms with Crippen molar-refractivity contribution < 1.29 is 38.1 Å². The van der Waals surface area contributed by atoms with Gasteiger partial charge in [0.25, 0.3) is 0 Å². The molecule has 8 nitrogen and oxygen atoms in total. The van der Waals surface area contributed by atoms with Crippen LogP contribution in [0.15, 0.2) is 0 Å². The molecule has 0 saturated heterocycles. The minimum absolute atomic E-state index is 0.00851. The summed E-state index contributed by atoms with van der Waals surface area (Å²) in [5, 5.41) is 0. The van der Waals surface area contributed by atoms with Crippen LogP contribution < -0.4 is 0 Å². The molecule has 12 atom stereocenters. The summed E-state index contributed by atoms with van der Waals surface area (Å²) < 4.78 is 23.0. The Morgan fingerprint density at radius 2 is 1.48 bits per heavy atom. The second-order valence-corrected chi connectivity index (χ2v) is 14.6. The monoisotopic (exact) mass is 590 g/mol. The highest BCUT2D eigenvalue weighted by molar-refractivity contribution is 5.71. The third-order valence-electron chi connectivity index (χ3n) is 12.3. The van der Waals surface area contributed by atoms with Gasteiger partial charge in [-0.15, -0.1) is 0 Å². The molecule has 0 aliphatic heterocycles. The van der Waals surface area contributed by atoms with E-state index in [0.717, 1.165) is 64.2 Å². The Labute approximate surface area is 252 Å². The van der Waals surface area contributed by atoms with E-state index in [1.54, 1.807) is 0 Å². The van der Waals surface area contributed by atoms with Crippen LogP contribution in [0, 0.1) is 52.3 Å². The van der Waals surface area contributed by atoms with Crippen molar-refractivity contribution in [3.8, 4) is 0 Å². The van der Waals surface area contributed by atoms with Gasteiger partial charge in [0.05, 0.1) is 13.0 Å². The number of rotatable bonds is 9. The lowest BCUT2D eigenvalue weighted by Gasteiger charge is -2.64. The summed E-state index contributed by atoms with van der Waals surface area (Å²) in [5.74, 6) is 0.737. The number of fused-ring (bicyclic) bond motifs is 5. The van der Waals surface area contributed by atoms with E-state index in [9.17, 15) is 19.2 Å². The van der Waals surface area contributed by atoms with Crippen molar-refractivity contribution in [2.45, 2.75) is 131 Å². The molecule has 0 aromatic heterocycles. The molecule has 0 aromatic carbocycles. The second-order valence-electron chi connectivity index (χ2n) is 14.6. The van der Waals surface area contributed by atoms with Gasteiger partial charge in [0.1, 0.15) is 18.3 Å². The number of carbonyl (C=O) groups excluding carboxylic acids is 4. The number of hydrogen-bond acceptors (Lipinski definition) is 8. The van der Waals surface area contributed by atoms with Crippen molar-refractivity contribution >= 4 is 23.9 Å². The van der Waals surface area contributed by atoms with E-state index >= 15 is 0 Å². The maximum absolute atomic E-state index is 12.6. The summed E-state index contributed by atoms with van der Waals surface area (Å²) >= 11 is 0. The number of esters is 4. The average Bonchev–Trinajstić information content (AvgIpc) is 3.26. The Kier molecular flexibility index (Phi) is 10.0. The van der Waals surface area contributed by atoms with Gasteiger partial charge >= 0.3 is 23.9 Å². The van der Waals surface area contributed by atoms with Gasteiger partial charge in [0.15, 0.2) is 0 Å². The molecule has 8 heteroatoms. The van der Waals surface area contributed by atoms with Crippen LogP contribution in [0.1, 0.15) is 113 Å². The molecule has 4 aliphatic carbocycles. The fraction of sp³-hybridized carbons (Fsp3) is 0.882. The minimum atomic E-state index is -0.249. The van der Waals surface area contributed by atoms with Crippen LogP contribution in [-0.4, -0.2) is 49.3 Å². The predicted molar refractivity (Wildman–Crippen MR) is 157 cm³/mol. The fourth-order valence-corrected chi connectivity index (χ4v) is 10.4. The van der Waals surface area contributed by atoms with Crippen LogP contribution in [0.4, 0.5) is 0 Å². The molecular formula is C34H54O8. The Morgan fingerprint density at radius 1 is 0.810 bits per heavy atom. The Balaban J connectivity index is 1.63. The van der Waals surface area contributed by atoms with E-state index in [1.807, 2.05) is 6.92 Å². The summed E-state index contributed by atoms with van der Waals surface area (Å²) in [5.41, 5.74) is -0.234. The van der Waals surface area contributed by atoms with Gasteiger partial charge in [0.2, 0.25) is 0 Å². The number of carbonyl (C=O) groups is 4. The maximum Gasteiger partial charge on any atom is 0.308 e. The lowest BCUT2D eigenvalue weighted by atomic mass is 9.43.